The van der Waals surface area contributed by atoms with Crippen LogP contribution in [0, 0.1) is 17.8 Å². The van der Waals surface area contributed by atoms with Crippen molar-refractivity contribution >= 4 is 11.8 Å². The molecule has 12 heavy (non-hydrogen) atoms. The number of esters is 1. The average Bonchev–Trinajstić information content (AvgIpc) is 2.48. The van der Waals surface area contributed by atoms with E-state index in [0.29, 0.717) is 0 Å². The molecule has 0 bridgehead atoms. The summed E-state index contributed by atoms with van der Waals surface area (Å²) < 4.78 is 4.54. The Bertz CT molecular complexity index is 267. The minimum Gasteiger partial charge on any atom is -0.468 e. The number of methoxy groups -OCH3 is 1. The third kappa shape index (κ3) is 0.763. The fourth-order valence-corrected chi connectivity index (χ4v) is 2.02. The van der Waals surface area contributed by atoms with Crippen LogP contribution in [0.2, 0.25) is 0 Å². The van der Waals surface area contributed by atoms with Crippen molar-refractivity contribution < 1.29 is 14.3 Å². The van der Waals surface area contributed by atoms with Crippen LogP contribution in [-0.2, 0) is 14.3 Å². The van der Waals surface area contributed by atoms with Crippen LogP contribution in [0.4, 0.5) is 0 Å². The number of allylic oxidation sites excluding steroid dienone is 2. The molecule has 0 saturated heterocycles. The van der Waals surface area contributed by atoms with Crippen molar-refractivity contribution in [1.29, 1.82) is 0 Å². The molecule has 2 aliphatic rings. The molecule has 0 spiro atoms. The molecule has 64 valence electrons. The van der Waals surface area contributed by atoms with Crippen LogP contribution in [0.3, 0.4) is 0 Å². The lowest BCUT2D eigenvalue weighted by molar-refractivity contribution is -0.160. The Balaban J connectivity index is 2.14. The van der Waals surface area contributed by atoms with Gasteiger partial charge in [-0.1, -0.05) is 12.2 Å². The largest absolute Gasteiger partial charge is 0.468 e. The molecule has 3 nitrogen and oxygen atoms in total. The summed E-state index contributed by atoms with van der Waals surface area (Å²) in [6, 6.07) is 0. The summed E-state index contributed by atoms with van der Waals surface area (Å²) in [5, 5.41) is 0. The van der Waals surface area contributed by atoms with Gasteiger partial charge >= 0.3 is 5.97 Å². The van der Waals surface area contributed by atoms with Crippen molar-refractivity contribution in [3.63, 3.8) is 0 Å². The fourth-order valence-electron chi connectivity index (χ4n) is 2.02. The number of ether oxygens (including phenoxy) is 1. The van der Waals surface area contributed by atoms with Crippen LogP contribution in [0.15, 0.2) is 12.2 Å². The van der Waals surface area contributed by atoms with E-state index in [-0.39, 0.29) is 23.6 Å². The number of ketones is 1. The quantitative estimate of drug-likeness (QED) is 0.324. The summed E-state index contributed by atoms with van der Waals surface area (Å²) in [6.45, 7) is 0. The first-order valence-electron chi connectivity index (χ1n) is 4.04. The van der Waals surface area contributed by atoms with Gasteiger partial charge in [0, 0.05) is 11.8 Å². The molecule has 1 saturated carbocycles. The van der Waals surface area contributed by atoms with Crippen LogP contribution in [0.1, 0.15) is 6.42 Å². The van der Waals surface area contributed by atoms with Gasteiger partial charge in [0.15, 0.2) is 5.78 Å². The molecule has 3 heteroatoms. The van der Waals surface area contributed by atoms with Gasteiger partial charge in [-0.2, -0.15) is 0 Å². The van der Waals surface area contributed by atoms with Crippen LogP contribution >= 0.6 is 0 Å². The Kier molecular flexibility index (Phi) is 1.53. The highest BCUT2D eigenvalue weighted by molar-refractivity contribution is 6.06. The Labute approximate surface area is 70.4 Å². The Morgan fingerprint density at radius 3 is 3.08 bits per heavy atom. The zero-order chi connectivity index (χ0) is 8.72. The van der Waals surface area contributed by atoms with E-state index in [1.54, 1.807) is 0 Å². The molecule has 0 aromatic rings. The second-order valence-corrected chi connectivity index (χ2v) is 3.25. The first kappa shape index (κ1) is 7.53. The third-order valence-electron chi connectivity index (χ3n) is 2.72. The van der Waals surface area contributed by atoms with Crippen molar-refractivity contribution in [3.8, 4) is 0 Å². The van der Waals surface area contributed by atoms with Gasteiger partial charge in [-0.05, 0) is 6.42 Å². The number of rotatable bonds is 1. The highest BCUT2D eigenvalue weighted by Gasteiger charge is 2.53. The molecule has 0 aromatic carbocycles. The first-order valence-corrected chi connectivity index (χ1v) is 4.04. The van der Waals surface area contributed by atoms with E-state index in [1.807, 2.05) is 12.2 Å². The van der Waals surface area contributed by atoms with E-state index in [4.69, 9.17) is 0 Å². The number of hydrogen-bond donors (Lipinski definition) is 0. The van der Waals surface area contributed by atoms with E-state index in [9.17, 15) is 9.59 Å². The molecule has 1 fully saturated rings. The maximum Gasteiger partial charge on any atom is 0.316 e. The predicted molar refractivity (Wildman–Crippen MR) is 41.3 cm³/mol. The molecule has 0 amide bonds. The Morgan fingerprint density at radius 2 is 2.42 bits per heavy atom. The van der Waals surface area contributed by atoms with E-state index in [2.05, 4.69) is 4.74 Å². The second kappa shape index (κ2) is 2.44. The molecular formula is C9H10O3. The lowest BCUT2D eigenvalue weighted by Crippen LogP contribution is -2.49. The predicted octanol–water partition coefficient (Wildman–Crippen LogP) is 0.551. The van der Waals surface area contributed by atoms with Crippen LogP contribution in [0.5, 0.6) is 0 Å². The van der Waals surface area contributed by atoms with Gasteiger partial charge < -0.3 is 4.74 Å². The number of carbonyl (C=O) groups excluding carboxylic acids is 2. The number of carbonyl (C=O) groups is 2. The van der Waals surface area contributed by atoms with E-state index >= 15 is 0 Å². The summed E-state index contributed by atoms with van der Waals surface area (Å²) in [7, 11) is 1.32. The molecule has 3 atom stereocenters. The molecule has 0 radical (unpaired) electrons. The molecular weight excluding hydrogens is 156 g/mol. The average molecular weight is 166 g/mol. The van der Waals surface area contributed by atoms with Crippen molar-refractivity contribution in [1.82, 2.24) is 0 Å². The van der Waals surface area contributed by atoms with Crippen molar-refractivity contribution in [2.24, 2.45) is 17.8 Å². The van der Waals surface area contributed by atoms with Gasteiger partial charge in [0.2, 0.25) is 0 Å². The van der Waals surface area contributed by atoms with Crippen molar-refractivity contribution in [2.45, 2.75) is 6.42 Å². The summed E-state index contributed by atoms with van der Waals surface area (Å²) >= 11 is 0. The van der Waals surface area contributed by atoms with Crippen LogP contribution < -0.4 is 0 Å². The van der Waals surface area contributed by atoms with Gasteiger partial charge in [0.05, 0.1) is 7.11 Å². The molecule has 0 aromatic heterocycles. The minimum absolute atomic E-state index is 0.0526. The van der Waals surface area contributed by atoms with Crippen molar-refractivity contribution in [2.75, 3.05) is 7.11 Å². The fraction of sp³-hybridized carbons (Fsp3) is 0.556. The molecule has 2 aliphatic carbocycles. The zero-order valence-corrected chi connectivity index (χ0v) is 6.82. The highest BCUT2D eigenvalue weighted by Crippen LogP contribution is 2.44. The maximum absolute atomic E-state index is 11.3. The van der Waals surface area contributed by atoms with Crippen molar-refractivity contribution in [3.05, 3.63) is 12.2 Å². The van der Waals surface area contributed by atoms with Gasteiger partial charge in [0.1, 0.15) is 5.92 Å². The smallest absolute Gasteiger partial charge is 0.316 e. The summed E-state index contributed by atoms with van der Waals surface area (Å²) in [4.78, 5) is 22.4. The normalized spacial score (nSPS) is 37.4. The van der Waals surface area contributed by atoms with Gasteiger partial charge in [0.25, 0.3) is 0 Å². The summed E-state index contributed by atoms with van der Waals surface area (Å²) in [5.74, 6) is -0.623. The Morgan fingerprint density at radius 1 is 1.67 bits per heavy atom. The van der Waals surface area contributed by atoms with Crippen LogP contribution in [-0.4, -0.2) is 18.9 Å². The van der Waals surface area contributed by atoms with Gasteiger partial charge in [-0.3, -0.25) is 9.59 Å². The molecule has 0 aliphatic heterocycles. The molecule has 1 unspecified atom stereocenters. The highest BCUT2D eigenvalue weighted by atomic mass is 16.5. The second-order valence-electron chi connectivity index (χ2n) is 3.25. The lowest BCUT2D eigenvalue weighted by Gasteiger charge is -2.35. The molecule has 0 N–H and O–H groups in total. The van der Waals surface area contributed by atoms with E-state index in [0.717, 1.165) is 6.42 Å². The number of fused-ring (bicyclic) bond motifs is 1. The monoisotopic (exact) mass is 166 g/mol. The molecule has 0 heterocycles. The van der Waals surface area contributed by atoms with Gasteiger partial charge in [-0.25, -0.2) is 0 Å². The lowest BCUT2D eigenvalue weighted by atomic mass is 9.65. The number of Topliss-reactive ketones (excluding diaryl/α,β-unsaturated/α-hetero) is 1. The topological polar surface area (TPSA) is 43.4 Å². The summed E-state index contributed by atoms with van der Waals surface area (Å²) in [5.41, 5.74) is 0. The standard InChI is InChI=1S/C9H10O3/c1-12-9(11)7-5-3-2-4-6(5)8(7)10/h2-3,5-7H,4H2,1H3/t5-,6+,7?/m1/s1. The zero-order valence-electron chi connectivity index (χ0n) is 6.82. The SMILES string of the molecule is COC(=O)C1C(=O)[C@H]2CC=C[C@@H]12. The van der Waals surface area contributed by atoms with E-state index in [1.165, 1.54) is 7.11 Å². The third-order valence-corrected chi connectivity index (χ3v) is 2.72. The van der Waals surface area contributed by atoms with Gasteiger partial charge in [-0.15, -0.1) is 0 Å². The number of hydrogen-bond acceptors (Lipinski definition) is 3. The summed E-state index contributed by atoms with van der Waals surface area (Å²) in [6.07, 6.45) is 4.72. The molecule has 2 rings (SSSR count). The minimum atomic E-state index is -0.501. The maximum atomic E-state index is 11.3. The van der Waals surface area contributed by atoms with E-state index < -0.39 is 5.92 Å². The first-order chi connectivity index (χ1) is 5.75. The van der Waals surface area contributed by atoms with Crippen LogP contribution in [0.25, 0.3) is 0 Å². The Hall–Kier alpha value is -1.12.